The standard InChI is InChI=1S/C12H20N2O2/c1-8-9(2)11(16)14(10(8)15)7-12(3-4-12)5-6-13/h8-9H,3-7,13H2,1-2H3. The third-order valence-corrected chi connectivity index (χ3v) is 4.19. The molecule has 90 valence electrons. The maximum atomic E-state index is 11.9. The van der Waals surface area contributed by atoms with E-state index in [1.54, 1.807) is 0 Å². The van der Waals surface area contributed by atoms with Crippen LogP contribution in [0.1, 0.15) is 33.1 Å². The fraction of sp³-hybridized carbons (Fsp3) is 0.833. The summed E-state index contributed by atoms with van der Waals surface area (Å²) >= 11 is 0. The number of likely N-dealkylation sites (tertiary alicyclic amines) is 1. The summed E-state index contributed by atoms with van der Waals surface area (Å²) in [4.78, 5) is 25.3. The average Bonchev–Trinajstić information content (AvgIpc) is 2.99. The van der Waals surface area contributed by atoms with Crippen molar-refractivity contribution < 1.29 is 9.59 Å². The molecule has 2 aliphatic rings. The van der Waals surface area contributed by atoms with Crippen LogP contribution in [0.25, 0.3) is 0 Å². The first-order valence-corrected chi connectivity index (χ1v) is 6.06. The Kier molecular flexibility index (Phi) is 2.78. The zero-order valence-electron chi connectivity index (χ0n) is 10.0. The number of amides is 2. The molecule has 1 saturated carbocycles. The highest BCUT2D eigenvalue weighted by Gasteiger charge is 2.49. The number of rotatable bonds is 4. The molecule has 16 heavy (non-hydrogen) atoms. The maximum absolute atomic E-state index is 11.9. The van der Waals surface area contributed by atoms with Gasteiger partial charge in [-0.15, -0.1) is 0 Å². The van der Waals surface area contributed by atoms with Crippen molar-refractivity contribution in [1.82, 2.24) is 4.90 Å². The maximum Gasteiger partial charge on any atom is 0.232 e. The lowest BCUT2D eigenvalue weighted by Crippen LogP contribution is -2.37. The number of hydrogen-bond acceptors (Lipinski definition) is 3. The predicted octanol–water partition coefficient (Wildman–Crippen LogP) is 0.756. The number of nitrogens with zero attached hydrogens (tertiary/aromatic N) is 1. The highest BCUT2D eigenvalue weighted by Crippen LogP contribution is 2.49. The second kappa shape index (κ2) is 3.84. The fourth-order valence-corrected chi connectivity index (χ4v) is 2.49. The lowest BCUT2D eigenvalue weighted by Gasteiger charge is -2.21. The van der Waals surface area contributed by atoms with Crippen molar-refractivity contribution in [3.05, 3.63) is 0 Å². The predicted molar refractivity (Wildman–Crippen MR) is 60.4 cm³/mol. The Labute approximate surface area is 96.2 Å². The van der Waals surface area contributed by atoms with Crippen molar-refractivity contribution in [2.75, 3.05) is 13.1 Å². The summed E-state index contributed by atoms with van der Waals surface area (Å²) in [6.07, 6.45) is 3.13. The summed E-state index contributed by atoms with van der Waals surface area (Å²) in [5.41, 5.74) is 5.72. The highest BCUT2D eigenvalue weighted by atomic mass is 16.2. The molecule has 2 amide bonds. The smallest absolute Gasteiger partial charge is 0.232 e. The molecule has 4 heteroatoms. The van der Waals surface area contributed by atoms with Gasteiger partial charge in [0.15, 0.2) is 0 Å². The molecule has 4 nitrogen and oxygen atoms in total. The van der Waals surface area contributed by atoms with Gasteiger partial charge < -0.3 is 5.73 Å². The van der Waals surface area contributed by atoms with E-state index >= 15 is 0 Å². The van der Waals surface area contributed by atoms with Crippen LogP contribution in [0, 0.1) is 17.3 Å². The van der Waals surface area contributed by atoms with Crippen LogP contribution in [0.2, 0.25) is 0 Å². The summed E-state index contributed by atoms with van der Waals surface area (Å²) in [6.45, 7) is 4.92. The molecule has 2 atom stereocenters. The van der Waals surface area contributed by atoms with Crippen LogP contribution >= 0.6 is 0 Å². The Balaban J connectivity index is 2.05. The van der Waals surface area contributed by atoms with Gasteiger partial charge in [0.05, 0.1) is 0 Å². The van der Waals surface area contributed by atoms with E-state index in [0.717, 1.165) is 19.3 Å². The van der Waals surface area contributed by atoms with E-state index < -0.39 is 0 Å². The van der Waals surface area contributed by atoms with E-state index in [2.05, 4.69) is 0 Å². The topological polar surface area (TPSA) is 63.4 Å². The number of hydrogen-bond donors (Lipinski definition) is 1. The largest absolute Gasteiger partial charge is 0.330 e. The first kappa shape index (κ1) is 11.6. The van der Waals surface area contributed by atoms with Crippen molar-refractivity contribution >= 4 is 11.8 Å². The molecule has 0 spiro atoms. The van der Waals surface area contributed by atoms with Gasteiger partial charge in [0.2, 0.25) is 11.8 Å². The molecular formula is C12H20N2O2. The van der Waals surface area contributed by atoms with Crippen LogP contribution in [0.4, 0.5) is 0 Å². The Morgan fingerprint density at radius 3 is 2.12 bits per heavy atom. The van der Waals surface area contributed by atoms with Gasteiger partial charge in [-0.25, -0.2) is 0 Å². The third kappa shape index (κ3) is 1.75. The Hall–Kier alpha value is -0.900. The second-order valence-electron chi connectivity index (χ2n) is 5.38. The van der Waals surface area contributed by atoms with Gasteiger partial charge in [-0.3, -0.25) is 14.5 Å². The Morgan fingerprint density at radius 1 is 1.25 bits per heavy atom. The van der Waals surface area contributed by atoms with E-state index in [1.807, 2.05) is 13.8 Å². The first-order chi connectivity index (χ1) is 7.51. The molecule has 2 rings (SSSR count). The summed E-state index contributed by atoms with van der Waals surface area (Å²) in [5.74, 6) is -0.302. The molecule has 2 unspecified atom stereocenters. The average molecular weight is 224 g/mol. The van der Waals surface area contributed by atoms with Crippen LogP contribution in [-0.4, -0.2) is 29.8 Å². The fourth-order valence-electron chi connectivity index (χ4n) is 2.49. The monoisotopic (exact) mass is 224 g/mol. The van der Waals surface area contributed by atoms with Crippen molar-refractivity contribution in [3.8, 4) is 0 Å². The highest BCUT2D eigenvalue weighted by molar-refractivity contribution is 6.04. The number of carbonyl (C=O) groups is 2. The van der Waals surface area contributed by atoms with Gasteiger partial charge in [-0.1, -0.05) is 13.8 Å². The molecule has 2 N–H and O–H groups in total. The molecule has 0 radical (unpaired) electrons. The van der Waals surface area contributed by atoms with Gasteiger partial charge in [-0.2, -0.15) is 0 Å². The van der Waals surface area contributed by atoms with Crippen molar-refractivity contribution in [2.45, 2.75) is 33.1 Å². The van der Waals surface area contributed by atoms with Crippen LogP contribution in [0.5, 0.6) is 0 Å². The minimum atomic E-state index is -0.152. The van der Waals surface area contributed by atoms with Crippen LogP contribution < -0.4 is 5.73 Å². The molecule has 0 aromatic rings. The van der Waals surface area contributed by atoms with Gasteiger partial charge in [0.25, 0.3) is 0 Å². The lowest BCUT2D eigenvalue weighted by molar-refractivity contribution is -0.140. The summed E-state index contributed by atoms with van der Waals surface area (Å²) < 4.78 is 0. The van der Waals surface area contributed by atoms with Crippen LogP contribution in [0.3, 0.4) is 0 Å². The van der Waals surface area contributed by atoms with E-state index in [-0.39, 0.29) is 29.1 Å². The normalized spacial score (nSPS) is 32.3. The zero-order chi connectivity index (χ0) is 11.9. The van der Waals surface area contributed by atoms with Gasteiger partial charge in [-0.05, 0) is 31.2 Å². The van der Waals surface area contributed by atoms with E-state index in [9.17, 15) is 9.59 Å². The van der Waals surface area contributed by atoms with Crippen LogP contribution in [-0.2, 0) is 9.59 Å². The van der Waals surface area contributed by atoms with E-state index in [1.165, 1.54) is 4.90 Å². The molecule has 0 bridgehead atoms. The Morgan fingerprint density at radius 2 is 1.75 bits per heavy atom. The van der Waals surface area contributed by atoms with Crippen molar-refractivity contribution in [1.29, 1.82) is 0 Å². The quantitative estimate of drug-likeness (QED) is 0.717. The minimum Gasteiger partial charge on any atom is -0.330 e. The van der Waals surface area contributed by atoms with E-state index in [0.29, 0.717) is 13.1 Å². The SMILES string of the molecule is CC1C(=O)N(CC2(CCN)CC2)C(=O)C1C. The molecule has 1 aliphatic heterocycles. The molecule has 0 aromatic heterocycles. The molecule has 1 heterocycles. The van der Waals surface area contributed by atoms with Gasteiger partial charge in [0, 0.05) is 18.4 Å². The molecule has 0 aromatic carbocycles. The van der Waals surface area contributed by atoms with Gasteiger partial charge in [0.1, 0.15) is 0 Å². The number of carbonyl (C=O) groups excluding carboxylic acids is 2. The Bertz CT molecular complexity index is 303. The first-order valence-electron chi connectivity index (χ1n) is 6.06. The zero-order valence-corrected chi connectivity index (χ0v) is 10.0. The van der Waals surface area contributed by atoms with E-state index in [4.69, 9.17) is 5.73 Å². The second-order valence-corrected chi connectivity index (χ2v) is 5.38. The van der Waals surface area contributed by atoms with Crippen molar-refractivity contribution in [2.24, 2.45) is 23.0 Å². The molecule has 1 aliphatic carbocycles. The summed E-state index contributed by atoms with van der Waals surface area (Å²) in [5, 5.41) is 0. The summed E-state index contributed by atoms with van der Waals surface area (Å²) in [6, 6.07) is 0. The van der Waals surface area contributed by atoms with Crippen LogP contribution in [0.15, 0.2) is 0 Å². The third-order valence-electron chi connectivity index (χ3n) is 4.19. The lowest BCUT2D eigenvalue weighted by atomic mass is 10.00. The number of imide groups is 1. The molecule has 1 saturated heterocycles. The molecular weight excluding hydrogens is 204 g/mol. The molecule has 2 fully saturated rings. The summed E-state index contributed by atoms with van der Waals surface area (Å²) in [7, 11) is 0. The van der Waals surface area contributed by atoms with Crippen molar-refractivity contribution in [3.63, 3.8) is 0 Å². The van der Waals surface area contributed by atoms with Gasteiger partial charge >= 0.3 is 0 Å². The minimum absolute atomic E-state index is 0.000737. The number of nitrogens with two attached hydrogens (primary N) is 1.